The molecule has 0 aliphatic heterocycles. The lowest BCUT2D eigenvalue weighted by Crippen LogP contribution is -2.05. The third-order valence-electron chi connectivity index (χ3n) is 4.03. The first-order valence-electron chi connectivity index (χ1n) is 8.43. The van der Waals surface area contributed by atoms with Crippen LogP contribution in [-0.2, 0) is 9.84 Å². The standard InChI is InChI=1S/C21H15FN2O3S/c22-16-11-13-17(14-12-16)23-20-21(28(25,26)18-9-5-2-6-10-18)24-19(27-20)15-7-3-1-4-8-15/h1-14,23H. The molecule has 0 radical (unpaired) electrons. The van der Waals surface area contributed by atoms with Crippen LogP contribution in [0.1, 0.15) is 0 Å². The van der Waals surface area contributed by atoms with Gasteiger partial charge in [0.1, 0.15) is 5.82 Å². The van der Waals surface area contributed by atoms with Gasteiger partial charge in [0.25, 0.3) is 0 Å². The number of anilines is 2. The number of nitrogens with one attached hydrogen (secondary N) is 1. The van der Waals surface area contributed by atoms with Crippen molar-refractivity contribution in [2.24, 2.45) is 0 Å². The Morgan fingerprint density at radius 2 is 1.43 bits per heavy atom. The molecule has 1 aromatic heterocycles. The van der Waals surface area contributed by atoms with Crippen LogP contribution in [0.2, 0.25) is 0 Å². The van der Waals surface area contributed by atoms with Crippen molar-refractivity contribution in [2.45, 2.75) is 9.92 Å². The second-order valence-electron chi connectivity index (χ2n) is 5.97. The van der Waals surface area contributed by atoms with Gasteiger partial charge in [-0.2, -0.15) is 4.98 Å². The molecule has 0 unspecified atom stereocenters. The molecule has 0 aliphatic carbocycles. The van der Waals surface area contributed by atoms with Crippen molar-refractivity contribution in [1.82, 2.24) is 4.98 Å². The van der Waals surface area contributed by atoms with Crippen LogP contribution in [0.5, 0.6) is 0 Å². The largest absolute Gasteiger partial charge is 0.419 e. The van der Waals surface area contributed by atoms with Crippen LogP contribution in [0.25, 0.3) is 11.5 Å². The molecule has 0 amide bonds. The summed E-state index contributed by atoms with van der Waals surface area (Å²) in [5, 5.41) is 2.66. The molecule has 140 valence electrons. The minimum Gasteiger partial charge on any atom is -0.419 e. The van der Waals surface area contributed by atoms with E-state index in [9.17, 15) is 12.8 Å². The van der Waals surface area contributed by atoms with E-state index in [0.717, 1.165) is 0 Å². The highest BCUT2D eigenvalue weighted by atomic mass is 32.2. The normalized spacial score (nSPS) is 11.3. The molecule has 0 saturated heterocycles. The molecule has 4 aromatic rings. The highest BCUT2D eigenvalue weighted by Crippen LogP contribution is 2.34. The zero-order chi connectivity index (χ0) is 19.6. The molecule has 1 N–H and O–H groups in total. The number of hydrogen-bond donors (Lipinski definition) is 1. The lowest BCUT2D eigenvalue weighted by atomic mass is 10.2. The maximum atomic E-state index is 13.2. The molecule has 7 heteroatoms. The Bertz CT molecular complexity index is 1190. The van der Waals surface area contributed by atoms with E-state index in [4.69, 9.17) is 4.42 Å². The molecular weight excluding hydrogens is 379 g/mol. The molecule has 5 nitrogen and oxygen atoms in total. The van der Waals surface area contributed by atoms with E-state index < -0.39 is 15.7 Å². The molecule has 3 aromatic carbocycles. The molecule has 0 aliphatic rings. The number of sulfone groups is 1. The van der Waals surface area contributed by atoms with Gasteiger partial charge in [0.05, 0.1) is 4.90 Å². The fourth-order valence-electron chi connectivity index (χ4n) is 2.65. The lowest BCUT2D eigenvalue weighted by molar-refractivity contribution is 0.581. The van der Waals surface area contributed by atoms with Gasteiger partial charge >= 0.3 is 0 Å². The van der Waals surface area contributed by atoms with Crippen LogP contribution in [0.4, 0.5) is 16.0 Å². The van der Waals surface area contributed by atoms with Gasteiger partial charge in [-0.05, 0) is 48.5 Å². The molecule has 0 saturated carbocycles. The van der Waals surface area contributed by atoms with Crippen molar-refractivity contribution in [3.8, 4) is 11.5 Å². The Morgan fingerprint density at radius 1 is 0.821 bits per heavy atom. The summed E-state index contributed by atoms with van der Waals surface area (Å²) in [6.45, 7) is 0. The van der Waals surface area contributed by atoms with Gasteiger partial charge in [0.2, 0.25) is 26.6 Å². The molecule has 28 heavy (non-hydrogen) atoms. The number of halogens is 1. The fourth-order valence-corrected chi connectivity index (χ4v) is 3.93. The summed E-state index contributed by atoms with van der Waals surface area (Å²) in [5.41, 5.74) is 1.11. The molecule has 1 heterocycles. The predicted molar refractivity (Wildman–Crippen MR) is 104 cm³/mol. The lowest BCUT2D eigenvalue weighted by Gasteiger charge is -2.06. The van der Waals surface area contributed by atoms with Gasteiger partial charge in [0, 0.05) is 11.3 Å². The summed E-state index contributed by atoms with van der Waals surface area (Å²) in [7, 11) is -3.93. The topological polar surface area (TPSA) is 72.2 Å². The second-order valence-corrected chi connectivity index (χ2v) is 7.83. The average Bonchev–Trinajstić information content (AvgIpc) is 3.16. The Kier molecular flexibility index (Phi) is 4.67. The Labute approximate surface area is 161 Å². The number of nitrogens with zero attached hydrogens (tertiary/aromatic N) is 1. The zero-order valence-electron chi connectivity index (χ0n) is 14.5. The van der Waals surface area contributed by atoms with E-state index in [-0.39, 0.29) is 21.7 Å². The van der Waals surface area contributed by atoms with Crippen molar-refractivity contribution in [3.63, 3.8) is 0 Å². The minimum absolute atomic E-state index is 0.0330. The molecule has 0 atom stereocenters. The summed E-state index contributed by atoms with van der Waals surface area (Å²) in [6.07, 6.45) is 0. The van der Waals surface area contributed by atoms with Crippen molar-refractivity contribution >= 4 is 21.4 Å². The SMILES string of the molecule is O=S(=O)(c1ccccc1)c1nc(-c2ccccc2)oc1Nc1ccc(F)cc1. The van der Waals surface area contributed by atoms with Gasteiger partial charge in [-0.15, -0.1) is 0 Å². The number of hydrogen-bond acceptors (Lipinski definition) is 5. The smallest absolute Gasteiger partial charge is 0.238 e. The maximum absolute atomic E-state index is 13.2. The van der Waals surface area contributed by atoms with E-state index in [0.29, 0.717) is 11.3 Å². The number of benzene rings is 3. The maximum Gasteiger partial charge on any atom is 0.238 e. The van der Waals surface area contributed by atoms with E-state index >= 15 is 0 Å². The van der Waals surface area contributed by atoms with Gasteiger partial charge in [0.15, 0.2) is 0 Å². The van der Waals surface area contributed by atoms with Crippen LogP contribution >= 0.6 is 0 Å². The van der Waals surface area contributed by atoms with Crippen molar-refractivity contribution in [2.75, 3.05) is 5.32 Å². The Hall–Kier alpha value is -3.45. The van der Waals surface area contributed by atoms with Gasteiger partial charge < -0.3 is 9.73 Å². The molecule has 0 fully saturated rings. The highest BCUT2D eigenvalue weighted by molar-refractivity contribution is 7.91. The Morgan fingerprint density at radius 3 is 2.07 bits per heavy atom. The number of oxazole rings is 1. The summed E-state index contributed by atoms with van der Waals surface area (Å²) in [5.74, 6) is -0.265. The molecule has 0 bridgehead atoms. The van der Waals surface area contributed by atoms with E-state index in [1.54, 1.807) is 42.5 Å². The summed E-state index contributed by atoms with van der Waals surface area (Å²) in [6, 6.07) is 22.5. The third-order valence-corrected chi connectivity index (χ3v) is 5.71. The van der Waals surface area contributed by atoms with E-state index in [1.807, 2.05) is 6.07 Å². The van der Waals surface area contributed by atoms with Gasteiger partial charge in [-0.1, -0.05) is 36.4 Å². The summed E-state index contributed by atoms with van der Waals surface area (Å²) >= 11 is 0. The quantitative estimate of drug-likeness (QED) is 0.512. The zero-order valence-corrected chi connectivity index (χ0v) is 15.4. The first-order chi connectivity index (χ1) is 13.5. The highest BCUT2D eigenvalue weighted by Gasteiger charge is 2.28. The molecule has 4 rings (SSSR count). The minimum atomic E-state index is -3.93. The fraction of sp³-hybridized carbons (Fsp3) is 0. The second kappa shape index (κ2) is 7.28. The van der Waals surface area contributed by atoms with Crippen molar-refractivity contribution in [1.29, 1.82) is 0 Å². The van der Waals surface area contributed by atoms with Crippen LogP contribution in [0.15, 0.2) is 99.3 Å². The average molecular weight is 394 g/mol. The third kappa shape index (κ3) is 3.52. The van der Waals surface area contributed by atoms with Crippen LogP contribution in [0, 0.1) is 5.82 Å². The predicted octanol–water partition coefficient (Wildman–Crippen LogP) is 5.06. The van der Waals surface area contributed by atoms with Crippen LogP contribution in [0.3, 0.4) is 0 Å². The van der Waals surface area contributed by atoms with Crippen LogP contribution in [-0.4, -0.2) is 13.4 Å². The van der Waals surface area contributed by atoms with Crippen LogP contribution < -0.4 is 5.32 Å². The first kappa shape index (κ1) is 17.9. The number of rotatable bonds is 5. The monoisotopic (exact) mass is 394 g/mol. The Balaban J connectivity index is 1.83. The van der Waals surface area contributed by atoms with E-state index in [1.165, 1.54) is 36.4 Å². The summed E-state index contributed by atoms with van der Waals surface area (Å²) < 4.78 is 45.2. The van der Waals surface area contributed by atoms with Gasteiger partial charge in [-0.25, -0.2) is 12.8 Å². The van der Waals surface area contributed by atoms with Crippen molar-refractivity contribution < 1.29 is 17.2 Å². The molecule has 0 spiro atoms. The first-order valence-corrected chi connectivity index (χ1v) is 9.91. The summed E-state index contributed by atoms with van der Waals surface area (Å²) in [4.78, 5) is 4.35. The van der Waals surface area contributed by atoms with E-state index in [2.05, 4.69) is 10.3 Å². The van der Waals surface area contributed by atoms with Gasteiger partial charge in [-0.3, -0.25) is 0 Å². The van der Waals surface area contributed by atoms with Crippen molar-refractivity contribution in [3.05, 3.63) is 90.7 Å². The number of aromatic nitrogens is 1. The molecular formula is C21H15FN2O3S.